The highest BCUT2D eigenvalue weighted by molar-refractivity contribution is 7.13. The number of piperazine rings is 2. The van der Waals surface area contributed by atoms with Crippen LogP contribution in [0.25, 0.3) is 21.7 Å². The van der Waals surface area contributed by atoms with Crippen molar-refractivity contribution in [3.8, 4) is 38.9 Å². The lowest BCUT2D eigenvalue weighted by Crippen LogP contribution is -2.55. The fourth-order valence-electron chi connectivity index (χ4n) is 13.6. The second kappa shape index (κ2) is 28.6. The number of nitrogen functional groups attached to an aromatic ring is 1. The second-order valence-corrected chi connectivity index (χ2v) is 25.5. The van der Waals surface area contributed by atoms with Gasteiger partial charge in [0.1, 0.15) is 35.9 Å². The molecule has 11 rings (SSSR count). The molecule has 0 saturated carbocycles. The van der Waals surface area contributed by atoms with Crippen molar-refractivity contribution in [1.82, 2.24) is 40.1 Å². The lowest BCUT2D eigenvalue weighted by atomic mass is 10.0. The number of aliphatic hydroxyl groups is 1. The van der Waals surface area contributed by atoms with Gasteiger partial charge in [-0.05, 0) is 92.1 Å². The first kappa shape index (κ1) is 61.8. The highest BCUT2D eigenvalue weighted by atomic mass is 32.1. The molecule has 2 bridgehead atoms. The van der Waals surface area contributed by atoms with Gasteiger partial charge in [0.25, 0.3) is 5.91 Å². The molecule has 7 heterocycles. The molecule has 0 aliphatic carbocycles. The van der Waals surface area contributed by atoms with E-state index in [1.165, 1.54) is 10.6 Å². The summed E-state index contributed by atoms with van der Waals surface area (Å²) in [4.78, 5) is 72.9. The van der Waals surface area contributed by atoms with E-state index in [1.807, 2.05) is 91.8 Å². The summed E-state index contributed by atoms with van der Waals surface area (Å²) >= 11 is 1.57. The summed E-state index contributed by atoms with van der Waals surface area (Å²) in [6, 6.07) is 29.9. The van der Waals surface area contributed by atoms with Gasteiger partial charge in [-0.3, -0.25) is 24.1 Å². The van der Waals surface area contributed by atoms with Crippen LogP contribution in [0.15, 0.2) is 103 Å². The summed E-state index contributed by atoms with van der Waals surface area (Å²) in [6.07, 6.45) is 10.3. The number of ether oxygens (including phenoxy) is 2. The zero-order chi connectivity index (χ0) is 61.3. The molecule has 5 atom stereocenters. The Hall–Kier alpha value is -7.81. The maximum atomic E-state index is 14.3. The number of aliphatic hydroxyl groups excluding tert-OH is 1. The van der Waals surface area contributed by atoms with Gasteiger partial charge in [-0.1, -0.05) is 101 Å². The van der Waals surface area contributed by atoms with Gasteiger partial charge in [0.15, 0.2) is 5.82 Å². The molecule has 5 aliphatic heterocycles. The normalized spacial score (nSPS) is 19.6. The van der Waals surface area contributed by atoms with Gasteiger partial charge in [-0.25, -0.2) is 4.98 Å². The van der Waals surface area contributed by atoms with E-state index in [4.69, 9.17) is 15.2 Å². The van der Waals surface area contributed by atoms with Gasteiger partial charge in [-0.2, -0.15) is 0 Å². The van der Waals surface area contributed by atoms with Gasteiger partial charge in [-0.15, -0.1) is 21.5 Å². The number of benzene rings is 4. The third kappa shape index (κ3) is 14.3. The molecule has 4 aromatic carbocycles. The number of rotatable bonds is 26. The average Bonchev–Trinajstić information content (AvgIpc) is 1.81. The summed E-state index contributed by atoms with van der Waals surface area (Å²) < 4.78 is 12.8. The molecule has 20 heteroatoms. The van der Waals surface area contributed by atoms with Crippen molar-refractivity contribution < 1.29 is 38.9 Å². The molecule has 466 valence electrons. The molecule has 2 unspecified atom stereocenters. The van der Waals surface area contributed by atoms with Crippen LogP contribution in [-0.4, -0.2) is 164 Å². The molecular formula is C68H85N11O8S. The number of aryl methyl sites for hydroxylation is 1. The summed E-state index contributed by atoms with van der Waals surface area (Å²) in [5, 5.41) is 32.9. The van der Waals surface area contributed by atoms with Crippen LogP contribution in [0.2, 0.25) is 0 Å². The zero-order valence-electron chi connectivity index (χ0n) is 51.1. The van der Waals surface area contributed by atoms with Crippen LogP contribution in [0.4, 0.5) is 17.2 Å². The Balaban J connectivity index is 0.560. The summed E-state index contributed by atoms with van der Waals surface area (Å²) in [6.45, 7) is 13.0. The Morgan fingerprint density at radius 1 is 0.795 bits per heavy atom. The number of aromatic nitrogens is 3. The third-order valence-corrected chi connectivity index (χ3v) is 19.3. The maximum absolute atomic E-state index is 14.3. The Labute approximate surface area is 520 Å². The number of nitrogens with zero attached hydrogens (tertiary/aromatic N) is 9. The first-order valence-electron chi connectivity index (χ1n) is 31.8. The predicted molar refractivity (Wildman–Crippen MR) is 342 cm³/mol. The standard InChI is InChI=1S/C68H85N11O8S/c1-45(2)63(78-40-49-17-11-12-20-55(49)67(78)84)68(85)77-43-53(80)37-59(77)66(83)70-39-48-25-24-47(64-46(3)71-44-88-64)35-61(48)87-33-15-9-7-5-4-6-8-10-23-62(82)75-30-28-74(29-31-75)32-34-86-54-19-16-18-50(36-54)79-51-26-27-52(79)42-76(41-51)58-38-57(72-73-65(58)69)56-21-13-14-22-60(56)81/h11-14,16-22,24-25,35-36,38,44-45,51-53,59,63,80-81H,4-10,15,23,26-34,37,39-43H2,1-3H3,(H2,69,73)(H,70,83)/t51?,52?,53-,59+,63+/m1/s1. The van der Waals surface area contributed by atoms with Crippen LogP contribution in [0.3, 0.4) is 0 Å². The maximum Gasteiger partial charge on any atom is 0.255 e. The van der Waals surface area contributed by atoms with E-state index in [0.29, 0.717) is 66.7 Å². The molecule has 5 N–H and O–H groups in total. The molecule has 6 aromatic rings. The molecule has 88 heavy (non-hydrogen) atoms. The van der Waals surface area contributed by atoms with E-state index >= 15 is 0 Å². The fourth-order valence-corrected chi connectivity index (χ4v) is 14.4. The number of anilines is 3. The molecule has 0 spiro atoms. The number of fused-ring (bicyclic) bond motifs is 3. The summed E-state index contributed by atoms with van der Waals surface area (Å²) in [5.41, 5.74) is 15.7. The quantitative estimate of drug-likeness (QED) is 0.0372. The smallest absolute Gasteiger partial charge is 0.255 e. The number of phenols is 1. The first-order valence-corrected chi connectivity index (χ1v) is 32.6. The van der Waals surface area contributed by atoms with E-state index in [1.54, 1.807) is 34.4 Å². The molecule has 4 fully saturated rings. The number of likely N-dealkylation sites (tertiary alicyclic amines) is 1. The van der Waals surface area contributed by atoms with Crippen molar-refractivity contribution in [2.75, 3.05) is 81.1 Å². The minimum atomic E-state index is -0.885. The van der Waals surface area contributed by atoms with E-state index in [2.05, 4.69) is 53.4 Å². The topological polar surface area (TPSA) is 223 Å². The predicted octanol–water partition coefficient (Wildman–Crippen LogP) is 9.09. The number of hydrogen-bond acceptors (Lipinski definition) is 16. The van der Waals surface area contributed by atoms with Gasteiger partial charge in [0.05, 0.1) is 40.2 Å². The SMILES string of the molecule is Cc1ncsc1-c1ccc(CNC(=O)[C@@H]2C[C@@H](O)CN2C(=O)[C@H](C(C)C)N2Cc3ccccc3C2=O)c(OCCCCCCCCCCC(=O)N2CCN(CCOc3cccc(N4C5CCC4CN(c4cc(-c6ccccc6O)nnc4N)C5)c3)CC2)c1. The van der Waals surface area contributed by atoms with Gasteiger partial charge in [0, 0.05) is 119 Å². The molecule has 2 aromatic heterocycles. The van der Waals surface area contributed by atoms with Crippen molar-refractivity contribution in [2.24, 2.45) is 5.92 Å². The lowest BCUT2D eigenvalue weighted by molar-refractivity contribution is -0.143. The number of thiazole rings is 1. The molecule has 4 amide bonds. The molecular weight excluding hydrogens is 1130 g/mol. The number of carbonyl (C=O) groups is 4. The van der Waals surface area contributed by atoms with Crippen LogP contribution in [0.5, 0.6) is 17.2 Å². The number of nitrogens with two attached hydrogens (primary N) is 1. The Bertz CT molecular complexity index is 3390. The number of β-amino-alcohol motifs (C(OH)–C–C–N with tert-alkyl or cyclic N) is 1. The Kier molecular flexibility index (Phi) is 20.1. The van der Waals surface area contributed by atoms with E-state index in [-0.39, 0.29) is 54.8 Å². The number of nitrogens with one attached hydrogen (secondary N) is 1. The van der Waals surface area contributed by atoms with Gasteiger partial charge >= 0.3 is 0 Å². The minimum Gasteiger partial charge on any atom is -0.507 e. The number of phenolic OH excluding ortho intramolecular Hbond substituents is 1. The summed E-state index contributed by atoms with van der Waals surface area (Å²) in [7, 11) is 0. The van der Waals surface area contributed by atoms with E-state index < -0.39 is 18.2 Å². The molecule has 19 nitrogen and oxygen atoms in total. The first-order chi connectivity index (χ1) is 42.8. The third-order valence-electron chi connectivity index (χ3n) is 18.3. The number of unbranched alkanes of at least 4 members (excludes halogenated alkanes) is 7. The monoisotopic (exact) mass is 1220 g/mol. The Morgan fingerprint density at radius 2 is 1.52 bits per heavy atom. The van der Waals surface area contributed by atoms with Crippen LogP contribution in [0, 0.1) is 12.8 Å². The van der Waals surface area contributed by atoms with Crippen molar-refractivity contribution in [3.63, 3.8) is 0 Å². The van der Waals surface area contributed by atoms with Crippen LogP contribution < -0.4 is 30.3 Å². The van der Waals surface area contributed by atoms with Gasteiger partial charge in [0.2, 0.25) is 17.7 Å². The number of aromatic hydroxyl groups is 1. The number of hydrogen-bond donors (Lipinski definition) is 4. The molecule has 4 saturated heterocycles. The van der Waals surface area contributed by atoms with Crippen molar-refractivity contribution >= 4 is 52.2 Å². The molecule has 5 aliphatic rings. The number of amides is 4. The Morgan fingerprint density at radius 3 is 2.25 bits per heavy atom. The zero-order valence-corrected chi connectivity index (χ0v) is 51.9. The minimum absolute atomic E-state index is 0.0180. The number of para-hydroxylation sites is 1. The lowest BCUT2D eigenvalue weighted by Gasteiger charge is -2.43. The fraction of sp³-hybridized carbons (Fsp3) is 0.485. The average molecular weight is 1220 g/mol. The van der Waals surface area contributed by atoms with Crippen LogP contribution in [0.1, 0.15) is 118 Å². The second-order valence-electron chi connectivity index (χ2n) is 24.7. The number of carbonyl (C=O) groups excluding carboxylic acids is 4. The molecule has 0 radical (unpaired) electrons. The van der Waals surface area contributed by atoms with E-state index in [0.717, 1.165) is 149 Å². The van der Waals surface area contributed by atoms with Crippen LogP contribution >= 0.6 is 11.3 Å². The van der Waals surface area contributed by atoms with E-state index in [9.17, 15) is 29.4 Å². The highest BCUT2D eigenvalue weighted by Crippen LogP contribution is 2.41. The van der Waals surface area contributed by atoms with Gasteiger partial charge < -0.3 is 55.2 Å². The van der Waals surface area contributed by atoms with Crippen molar-refractivity contribution in [3.05, 3.63) is 125 Å². The van der Waals surface area contributed by atoms with Crippen molar-refractivity contribution in [1.29, 1.82) is 0 Å². The van der Waals surface area contributed by atoms with Crippen molar-refractivity contribution in [2.45, 2.75) is 141 Å². The highest BCUT2D eigenvalue weighted by Gasteiger charge is 2.46. The summed E-state index contributed by atoms with van der Waals surface area (Å²) in [5.74, 6) is 1.24. The largest absolute Gasteiger partial charge is 0.507 e. The van der Waals surface area contributed by atoms with Crippen LogP contribution in [-0.2, 0) is 27.5 Å².